The molecule has 0 fully saturated rings. The van der Waals surface area contributed by atoms with Crippen LogP contribution in [-0.2, 0) is 9.36 Å². The minimum atomic E-state index is -3.63. The van der Waals surface area contributed by atoms with E-state index in [1.165, 1.54) is 89.9 Å². The van der Waals surface area contributed by atoms with Crippen LogP contribution in [0.25, 0.3) is 0 Å². The second kappa shape index (κ2) is 31.5. The van der Waals surface area contributed by atoms with Gasteiger partial charge in [-0.3, -0.25) is 4.79 Å². The van der Waals surface area contributed by atoms with Crippen LogP contribution in [0.1, 0.15) is 110 Å². The zero-order valence-electron chi connectivity index (χ0n) is 18.4. The Hall–Kier alpha value is 0.815. The quantitative estimate of drug-likeness (QED) is 0.189. The smallest absolute Gasteiger partial charge is 0.813 e. The van der Waals surface area contributed by atoms with Crippen molar-refractivity contribution in [3.8, 4) is 0 Å². The maximum atomic E-state index is 11.0. The van der Waals surface area contributed by atoms with Crippen molar-refractivity contribution < 1.29 is 56.9 Å². The number of nitrogens with one attached hydrogen (secondary N) is 1. The van der Waals surface area contributed by atoms with Gasteiger partial charge in [-0.2, -0.15) is 0 Å². The minimum Gasteiger partial charge on any atom is -0.813 e. The molecule has 0 aromatic heterocycles. The van der Waals surface area contributed by atoms with E-state index in [0.717, 1.165) is 6.42 Å². The molecular formula is C19H40Li2NO4P. The zero-order valence-corrected chi connectivity index (χ0v) is 19.4. The Morgan fingerprint density at radius 2 is 0.963 bits per heavy atom. The molecule has 0 unspecified atom stereocenters. The van der Waals surface area contributed by atoms with Crippen molar-refractivity contribution in [3.05, 3.63) is 0 Å². The number of hydrogen-bond donors (Lipinski definition) is 1. The number of hydrogen-bond acceptors (Lipinski definition) is 4. The van der Waals surface area contributed by atoms with Gasteiger partial charge in [0.05, 0.1) is 0 Å². The van der Waals surface area contributed by atoms with Crippen molar-refractivity contribution in [1.29, 1.82) is 0 Å². The molecule has 8 heteroatoms. The molecule has 1 amide bonds. The van der Waals surface area contributed by atoms with E-state index in [0.29, 0.717) is 6.42 Å². The van der Waals surface area contributed by atoms with Gasteiger partial charge in [0.1, 0.15) is 0 Å². The van der Waals surface area contributed by atoms with Crippen LogP contribution in [0.3, 0.4) is 0 Å². The normalized spacial score (nSPS) is 9.67. The maximum absolute atomic E-state index is 11.0. The number of carbonyl (C=O) groups excluding carboxylic acids is 1. The minimum absolute atomic E-state index is 0. The van der Waals surface area contributed by atoms with E-state index in [2.05, 4.69) is 12.2 Å². The second-order valence-electron chi connectivity index (χ2n) is 6.62. The molecule has 0 aromatic rings. The van der Waals surface area contributed by atoms with Gasteiger partial charge < -0.3 is 19.7 Å². The first kappa shape index (κ1) is 35.3. The first-order valence-corrected chi connectivity index (χ1v) is 11.4. The van der Waals surface area contributed by atoms with Crippen LogP contribution in [0.15, 0.2) is 0 Å². The van der Waals surface area contributed by atoms with Gasteiger partial charge >= 0.3 is 37.7 Å². The maximum Gasteiger partial charge on any atom is 1.00 e. The Labute approximate surface area is 192 Å². The van der Waals surface area contributed by atoms with E-state index in [4.69, 9.17) is 14.4 Å². The van der Waals surface area contributed by atoms with Crippen molar-refractivity contribution in [3.63, 3.8) is 0 Å². The van der Waals surface area contributed by atoms with Gasteiger partial charge in [-0.1, -0.05) is 105 Å². The van der Waals surface area contributed by atoms with Crippen LogP contribution in [0.2, 0.25) is 0 Å². The molecule has 0 aliphatic heterocycles. The molecule has 0 rings (SSSR count). The van der Waals surface area contributed by atoms with Gasteiger partial charge in [-0.05, 0) is 6.42 Å². The van der Waals surface area contributed by atoms with E-state index in [9.17, 15) is 4.79 Å². The first-order valence-electron chi connectivity index (χ1n) is 10.1. The zero-order chi connectivity index (χ0) is 19.2. The summed E-state index contributed by atoms with van der Waals surface area (Å²) in [6.07, 6.45) is 21.3. The number of unbranched alkanes of at least 4 members (excludes halogenated alkanes) is 14. The summed E-state index contributed by atoms with van der Waals surface area (Å²) in [4.78, 5) is 28.1. The SMILES string of the molecule is CCCCCCCCCCCCCCCCCC(=O)NC.O=[PH]([O-])[O-].[Li+].[Li+]. The molecule has 0 bridgehead atoms. The first-order chi connectivity index (χ1) is 12.0. The number of amides is 1. The van der Waals surface area contributed by atoms with Crippen LogP contribution in [0, 0.1) is 0 Å². The standard InChI is InChI=1S/C19H39NO.2Li.H3O3P/c1-3-4-5-6-7-8-9-10-11-12-13-14-15-16-17-18-19(21)20-2;;;1-4(2)3/h3-18H2,1-2H3,(H,20,21);;;4H,(H2,1,2,3)/q;2*+1;/p-2. The fraction of sp³-hybridized carbons (Fsp3) is 0.947. The Balaban J connectivity index is -0.000000398. The van der Waals surface area contributed by atoms with Crippen LogP contribution in [0.4, 0.5) is 0 Å². The molecule has 1 N–H and O–H groups in total. The van der Waals surface area contributed by atoms with Gasteiger partial charge in [0.15, 0.2) is 0 Å². The third-order valence-electron chi connectivity index (χ3n) is 4.29. The average Bonchev–Trinajstić information content (AvgIpc) is 2.57. The van der Waals surface area contributed by atoms with E-state index >= 15 is 0 Å². The van der Waals surface area contributed by atoms with Crippen LogP contribution < -0.4 is 52.8 Å². The summed E-state index contributed by atoms with van der Waals surface area (Å²) < 4.78 is 8.52. The summed E-state index contributed by atoms with van der Waals surface area (Å²) in [6.45, 7) is 2.28. The number of carbonyl (C=O) groups is 1. The van der Waals surface area contributed by atoms with Gasteiger partial charge in [-0.15, -0.1) is 0 Å². The number of rotatable bonds is 16. The van der Waals surface area contributed by atoms with Crippen LogP contribution in [-0.4, -0.2) is 13.0 Å². The Morgan fingerprint density at radius 1 is 0.704 bits per heavy atom. The monoisotopic (exact) mass is 391 g/mol. The third-order valence-corrected chi connectivity index (χ3v) is 4.29. The average molecular weight is 391 g/mol. The summed E-state index contributed by atoms with van der Waals surface area (Å²) in [7, 11) is -1.91. The molecular weight excluding hydrogens is 351 g/mol. The summed E-state index contributed by atoms with van der Waals surface area (Å²) in [5.41, 5.74) is 0. The van der Waals surface area contributed by atoms with E-state index in [1.54, 1.807) is 7.05 Å². The van der Waals surface area contributed by atoms with Crippen LogP contribution in [0.5, 0.6) is 0 Å². The fourth-order valence-corrected chi connectivity index (χ4v) is 2.78. The molecule has 0 atom stereocenters. The van der Waals surface area contributed by atoms with Crippen molar-refractivity contribution in [2.24, 2.45) is 0 Å². The van der Waals surface area contributed by atoms with Crippen LogP contribution >= 0.6 is 8.25 Å². The van der Waals surface area contributed by atoms with E-state index in [-0.39, 0.29) is 43.6 Å². The van der Waals surface area contributed by atoms with E-state index < -0.39 is 8.25 Å². The predicted molar refractivity (Wildman–Crippen MR) is 103 cm³/mol. The topological polar surface area (TPSA) is 92.3 Å². The predicted octanol–water partition coefficient (Wildman–Crippen LogP) is -1.90. The molecule has 0 aliphatic rings. The summed E-state index contributed by atoms with van der Waals surface area (Å²) in [5.74, 6) is 0.185. The Kier molecular flexibility index (Phi) is 41.2. The molecule has 0 radical (unpaired) electrons. The Bertz CT molecular complexity index is 307. The molecule has 0 saturated carbocycles. The molecule has 0 saturated heterocycles. The molecule has 0 aliphatic carbocycles. The van der Waals surface area contributed by atoms with E-state index in [1.807, 2.05) is 0 Å². The molecule has 0 aromatic carbocycles. The fourth-order valence-electron chi connectivity index (χ4n) is 2.78. The van der Waals surface area contributed by atoms with Crippen molar-refractivity contribution in [1.82, 2.24) is 5.32 Å². The van der Waals surface area contributed by atoms with Gasteiger partial charge in [0.25, 0.3) is 0 Å². The second-order valence-corrected chi connectivity index (χ2v) is 7.12. The van der Waals surface area contributed by atoms with Crippen molar-refractivity contribution in [2.75, 3.05) is 7.05 Å². The van der Waals surface area contributed by atoms with Gasteiger partial charge in [-0.25, -0.2) is 0 Å². The molecule has 0 spiro atoms. The molecule has 152 valence electrons. The van der Waals surface area contributed by atoms with Crippen molar-refractivity contribution >= 4 is 14.2 Å². The van der Waals surface area contributed by atoms with Gasteiger partial charge in [0, 0.05) is 13.5 Å². The summed E-state index contributed by atoms with van der Waals surface area (Å²) in [5, 5.41) is 2.68. The molecule has 5 nitrogen and oxygen atoms in total. The third kappa shape index (κ3) is 42.1. The van der Waals surface area contributed by atoms with Gasteiger partial charge in [0.2, 0.25) is 5.91 Å². The summed E-state index contributed by atoms with van der Waals surface area (Å²) >= 11 is 0. The van der Waals surface area contributed by atoms with Crippen molar-refractivity contribution in [2.45, 2.75) is 110 Å². The largest absolute Gasteiger partial charge is 1.00 e. The summed E-state index contributed by atoms with van der Waals surface area (Å²) in [6, 6.07) is 0. The Morgan fingerprint density at radius 3 is 1.22 bits per heavy atom. The molecule has 27 heavy (non-hydrogen) atoms. The molecule has 0 heterocycles.